The molecule has 2 heterocycles. The Morgan fingerprint density at radius 1 is 1.09 bits per heavy atom. The molecule has 1 aliphatic heterocycles. The zero-order valence-corrected chi connectivity index (χ0v) is 26.3. The quantitative estimate of drug-likeness (QED) is 0.150. The topological polar surface area (TPSA) is 69.9 Å². The standard InChI is InChI=1S/C30H19BrCl2F4N2O4S/c1-2-42-28(41)23-24(16-5-7-18(32)8-6-16)39-27(40)22(44-29(39)38-26(23)30(35,36)37)12-17-11-19(33)13-21(31)25(17)43-14-15-3-9-20(34)10-4-15/h3-13,24H,2,14H2,1H3/b22-12-/t24-/m1/s1. The number of aromatic nitrogens is 1. The van der Waals surface area contributed by atoms with Crippen LogP contribution >= 0.6 is 50.5 Å². The number of alkyl halides is 3. The monoisotopic (exact) mass is 728 g/mol. The lowest BCUT2D eigenvalue weighted by Gasteiger charge is -2.26. The molecule has 0 fully saturated rings. The average Bonchev–Trinajstić information content (AvgIpc) is 3.27. The summed E-state index contributed by atoms with van der Waals surface area (Å²) in [6, 6.07) is 13.0. The van der Waals surface area contributed by atoms with Gasteiger partial charge in [0, 0.05) is 15.6 Å². The molecule has 1 aromatic heterocycles. The van der Waals surface area contributed by atoms with E-state index < -0.39 is 40.8 Å². The Morgan fingerprint density at radius 3 is 2.41 bits per heavy atom. The van der Waals surface area contributed by atoms with Crippen molar-refractivity contribution in [3.05, 3.63) is 129 Å². The molecule has 0 N–H and O–H groups in total. The minimum Gasteiger partial charge on any atom is -0.487 e. The molecule has 1 aliphatic rings. The van der Waals surface area contributed by atoms with Crippen LogP contribution in [0.1, 0.15) is 29.7 Å². The first-order chi connectivity index (χ1) is 20.9. The summed E-state index contributed by atoms with van der Waals surface area (Å²) < 4.78 is 68.8. The molecule has 1 atom stereocenters. The van der Waals surface area contributed by atoms with Crippen LogP contribution in [0.4, 0.5) is 17.6 Å². The van der Waals surface area contributed by atoms with E-state index in [1.165, 1.54) is 55.5 Å². The van der Waals surface area contributed by atoms with Crippen LogP contribution in [0.5, 0.6) is 5.75 Å². The van der Waals surface area contributed by atoms with Gasteiger partial charge in [-0.2, -0.15) is 13.2 Å². The van der Waals surface area contributed by atoms with E-state index in [1.54, 1.807) is 18.2 Å². The molecule has 14 heteroatoms. The van der Waals surface area contributed by atoms with Crippen LogP contribution in [0.3, 0.4) is 0 Å². The van der Waals surface area contributed by atoms with Crippen molar-refractivity contribution in [1.82, 2.24) is 4.57 Å². The second-order valence-electron chi connectivity index (χ2n) is 9.34. The summed E-state index contributed by atoms with van der Waals surface area (Å²) >= 11 is 16.4. The molecule has 3 aromatic carbocycles. The number of ether oxygens (including phenoxy) is 2. The van der Waals surface area contributed by atoms with Gasteiger partial charge in [0.05, 0.1) is 27.2 Å². The van der Waals surface area contributed by atoms with Crippen LogP contribution in [-0.2, 0) is 16.1 Å². The smallest absolute Gasteiger partial charge is 0.434 e. The highest BCUT2D eigenvalue weighted by Gasteiger charge is 2.45. The minimum atomic E-state index is -5.04. The first-order valence-corrected chi connectivity index (χ1v) is 15.2. The van der Waals surface area contributed by atoms with Crippen molar-refractivity contribution in [3.63, 3.8) is 0 Å². The maximum Gasteiger partial charge on any atom is 0.434 e. The fourth-order valence-corrected chi connectivity index (χ4v) is 6.58. The van der Waals surface area contributed by atoms with Crippen molar-refractivity contribution in [3.8, 4) is 5.75 Å². The zero-order chi connectivity index (χ0) is 31.8. The summed E-state index contributed by atoms with van der Waals surface area (Å²) in [5.74, 6) is -1.38. The van der Waals surface area contributed by atoms with E-state index in [0.29, 0.717) is 32.0 Å². The Hall–Kier alpha value is -3.45. The SMILES string of the molecule is CCOC(=O)C1=C(C(F)(F)F)N=c2s/c(=C\c3cc(Cl)cc(Br)c3OCc3ccc(F)cc3)c(=O)n2[C@@H]1c1ccc(Cl)cc1. The predicted molar refractivity (Wildman–Crippen MR) is 162 cm³/mol. The largest absolute Gasteiger partial charge is 0.487 e. The summed E-state index contributed by atoms with van der Waals surface area (Å²) in [5, 5.41) is 0.589. The van der Waals surface area contributed by atoms with Gasteiger partial charge < -0.3 is 9.47 Å². The molecule has 0 bridgehead atoms. The molecular weight excluding hydrogens is 711 g/mol. The summed E-state index contributed by atoms with van der Waals surface area (Å²) in [4.78, 5) is 30.4. The van der Waals surface area contributed by atoms with E-state index in [4.69, 9.17) is 32.7 Å². The molecule has 4 aromatic rings. The van der Waals surface area contributed by atoms with E-state index in [9.17, 15) is 27.2 Å². The van der Waals surface area contributed by atoms with E-state index in [2.05, 4.69) is 20.9 Å². The van der Waals surface area contributed by atoms with Gasteiger partial charge in [-0.1, -0.05) is 58.8 Å². The number of nitrogens with zero attached hydrogens (tertiary/aromatic N) is 2. The second kappa shape index (κ2) is 12.9. The third-order valence-electron chi connectivity index (χ3n) is 6.40. The fraction of sp³-hybridized carbons (Fsp3) is 0.167. The third-order valence-corrected chi connectivity index (χ3v) is 8.44. The van der Waals surface area contributed by atoms with Crippen LogP contribution < -0.4 is 19.6 Å². The number of halogens is 7. The van der Waals surface area contributed by atoms with E-state index in [0.717, 1.165) is 4.57 Å². The Labute approximate surface area is 269 Å². The number of thiazole rings is 1. The molecule has 0 spiro atoms. The number of rotatable bonds is 7. The minimum absolute atomic E-state index is 0.00449. The number of allylic oxidation sites excluding steroid dienone is 1. The van der Waals surface area contributed by atoms with Gasteiger partial charge in [-0.15, -0.1) is 0 Å². The molecule has 0 radical (unpaired) electrons. The first kappa shape index (κ1) is 32.0. The summed E-state index contributed by atoms with van der Waals surface area (Å²) in [7, 11) is 0. The van der Waals surface area contributed by atoms with E-state index >= 15 is 0 Å². The lowest BCUT2D eigenvalue weighted by molar-refractivity contribution is -0.140. The maximum absolute atomic E-state index is 14.4. The van der Waals surface area contributed by atoms with E-state index in [1.807, 2.05) is 0 Å². The van der Waals surface area contributed by atoms with Crippen LogP contribution in [0.2, 0.25) is 10.0 Å². The van der Waals surface area contributed by atoms with Crippen molar-refractivity contribution in [2.75, 3.05) is 6.61 Å². The number of carbonyl (C=O) groups excluding carboxylic acids is 1. The highest BCUT2D eigenvalue weighted by atomic mass is 79.9. The molecule has 228 valence electrons. The van der Waals surface area contributed by atoms with Crippen LogP contribution in [-0.4, -0.2) is 23.3 Å². The van der Waals surface area contributed by atoms with Crippen molar-refractivity contribution >= 4 is 62.5 Å². The van der Waals surface area contributed by atoms with Gasteiger partial charge in [-0.25, -0.2) is 14.2 Å². The van der Waals surface area contributed by atoms with Gasteiger partial charge >= 0.3 is 12.1 Å². The van der Waals surface area contributed by atoms with E-state index in [-0.39, 0.29) is 38.9 Å². The van der Waals surface area contributed by atoms with Gasteiger partial charge in [-0.05, 0) is 76.5 Å². The molecule has 5 rings (SSSR count). The van der Waals surface area contributed by atoms with Crippen LogP contribution in [0, 0.1) is 5.82 Å². The maximum atomic E-state index is 14.4. The number of carbonyl (C=O) groups is 1. The van der Waals surface area contributed by atoms with Crippen molar-refractivity contribution in [2.45, 2.75) is 25.7 Å². The van der Waals surface area contributed by atoms with Crippen LogP contribution in [0.25, 0.3) is 6.08 Å². The molecule has 6 nitrogen and oxygen atoms in total. The predicted octanol–water partition coefficient (Wildman–Crippen LogP) is 7.13. The van der Waals surface area contributed by atoms with Crippen molar-refractivity contribution < 1.29 is 31.8 Å². The molecule has 0 amide bonds. The lowest BCUT2D eigenvalue weighted by atomic mass is 9.95. The Morgan fingerprint density at radius 2 is 1.77 bits per heavy atom. The van der Waals surface area contributed by atoms with Crippen molar-refractivity contribution in [1.29, 1.82) is 0 Å². The molecule has 44 heavy (non-hydrogen) atoms. The Balaban J connectivity index is 1.71. The van der Waals surface area contributed by atoms with Gasteiger partial charge in [-0.3, -0.25) is 9.36 Å². The number of benzene rings is 3. The normalized spacial score (nSPS) is 15.2. The van der Waals surface area contributed by atoms with Gasteiger partial charge in [0.15, 0.2) is 10.5 Å². The highest BCUT2D eigenvalue weighted by Crippen LogP contribution is 2.39. The van der Waals surface area contributed by atoms with Gasteiger partial charge in [0.25, 0.3) is 5.56 Å². The summed E-state index contributed by atoms with van der Waals surface area (Å²) in [6.45, 7) is 1.30. The summed E-state index contributed by atoms with van der Waals surface area (Å²) in [6.07, 6.45) is -3.62. The fourth-order valence-electron chi connectivity index (χ4n) is 4.52. The second-order valence-corrected chi connectivity index (χ2v) is 12.1. The molecule has 0 saturated carbocycles. The highest BCUT2D eigenvalue weighted by molar-refractivity contribution is 9.10. The third kappa shape index (κ3) is 6.63. The van der Waals surface area contributed by atoms with Crippen molar-refractivity contribution in [2.24, 2.45) is 4.99 Å². The Kier molecular flexibility index (Phi) is 9.36. The lowest BCUT2D eigenvalue weighted by Crippen LogP contribution is -2.41. The zero-order valence-electron chi connectivity index (χ0n) is 22.4. The van der Waals surface area contributed by atoms with Gasteiger partial charge in [0.2, 0.25) is 0 Å². The molecule has 0 saturated heterocycles. The number of hydrogen-bond acceptors (Lipinski definition) is 6. The summed E-state index contributed by atoms with van der Waals surface area (Å²) in [5.41, 5.74) is -1.81. The Bertz CT molecular complexity index is 1960. The number of esters is 1. The molecule has 0 aliphatic carbocycles. The van der Waals surface area contributed by atoms with Crippen LogP contribution in [0.15, 0.2) is 86.2 Å². The molecule has 0 unspecified atom stereocenters. The first-order valence-electron chi connectivity index (χ1n) is 12.8. The average molecular weight is 730 g/mol. The number of hydrogen-bond donors (Lipinski definition) is 0. The number of fused-ring (bicyclic) bond motifs is 1. The molecular formula is C30H19BrCl2F4N2O4S. The van der Waals surface area contributed by atoms with Gasteiger partial charge in [0.1, 0.15) is 18.2 Å².